The summed E-state index contributed by atoms with van der Waals surface area (Å²) in [6.07, 6.45) is 4.24. The van der Waals surface area contributed by atoms with Gasteiger partial charge in [0.25, 0.3) is 0 Å². The summed E-state index contributed by atoms with van der Waals surface area (Å²) in [6.45, 7) is 6.13. The second-order valence-corrected chi connectivity index (χ2v) is 14.7. The third-order valence-electron chi connectivity index (χ3n) is 11.0. The van der Waals surface area contributed by atoms with Gasteiger partial charge in [0.05, 0.1) is 24.9 Å². The highest BCUT2D eigenvalue weighted by molar-refractivity contribution is 6.36. The van der Waals surface area contributed by atoms with Crippen LogP contribution in [0.4, 0.5) is 0 Å². The van der Waals surface area contributed by atoms with E-state index >= 15 is 0 Å². The first kappa shape index (κ1) is 36.6. The number of carbonyl (C=O) groups excluding carboxylic acids is 1. The number of methoxy groups -OCH3 is 2. The van der Waals surface area contributed by atoms with Crippen molar-refractivity contribution < 1.29 is 28.9 Å². The number of rotatable bonds is 13. The van der Waals surface area contributed by atoms with E-state index in [9.17, 15) is 14.7 Å². The third-order valence-corrected chi connectivity index (χ3v) is 11.4. The number of nitrogens with one attached hydrogen (secondary N) is 2. The average molecular weight is 740 g/mol. The number of hydrogen-bond acceptors (Lipinski definition) is 9. The van der Waals surface area contributed by atoms with Gasteiger partial charge in [-0.3, -0.25) is 14.5 Å². The van der Waals surface area contributed by atoms with Crippen LogP contribution in [0.5, 0.6) is 17.6 Å². The Balaban J connectivity index is 1.10. The third kappa shape index (κ3) is 7.30. The minimum absolute atomic E-state index is 0.103. The highest BCUT2D eigenvalue weighted by Crippen LogP contribution is 2.44. The number of aromatic nitrogens is 2. The topological polar surface area (TPSA) is 135 Å². The van der Waals surface area contributed by atoms with Gasteiger partial charge < -0.3 is 30.0 Å². The summed E-state index contributed by atoms with van der Waals surface area (Å²) in [5, 5.41) is 16.9. The van der Waals surface area contributed by atoms with Gasteiger partial charge in [-0.2, -0.15) is 4.98 Å². The molecule has 3 N–H and O–H groups in total. The fourth-order valence-corrected chi connectivity index (χ4v) is 8.30. The van der Waals surface area contributed by atoms with E-state index in [1.807, 2.05) is 54.3 Å². The molecule has 4 aromatic rings. The molecule has 0 radical (unpaired) electrons. The fraction of sp³-hybridized carbons (Fsp3) is 0.415. The Morgan fingerprint density at radius 1 is 1.00 bits per heavy atom. The van der Waals surface area contributed by atoms with E-state index in [0.29, 0.717) is 67.4 Å². The lowest BCUT2D eigenvalue weighted by molar-refractivity contribution is -0.149. The Morgan fingerprint density at radius 2 is 1.75 bits per heavy atom. The summed E-state index contributed by atoms with van der Waals surface area (Å²) in [4.78, 5) is 35.2. The van der Waals surface area contributed by atoms with Crippen LogP contribution in [0.15, 0.2) is 54.6 Å². The quantitative estimate of drug-likeness (QED) is 0.137. The predicted octanol–water partition coefficient (Wildman–Crippen LogP) is 6.66. The minimum atomic E-state index is -0.912. The molecular formula is C41H46ClN5O6. The first-order chi connectivity index (χ1) is 25.6. The smallest absolute Gasteiger partial charge is 0.323 e. The van der Waals surface area contributed by atoms with Crippen LogP contribution in [0.2, 0.25) is 5.02 Å². The Bertz CT molecular complexity index is 2040. The molecule has 4 heterocycles. The molecule has 7 rings (SSSR count). The van der Waals surface area contributed by atoms with Gasteiger partial charge in [0.15, 0.2) is 0 Å². The second kappa shape index (κ2) is 15.3. The lowest BCUT2D eigenvalue weighted by Gasteiger charge is -2.31. The molecular weight excluding hydrogens is 694 g/mol. The summed E-state index contributed by atoms with van der Waals surface area (Å²) in [5.41, 5.74) is 7.48. The lowest BCUT2D eigenvalue weighted by atomic mass is 9.94. The molecule has 1 amide bonds. The van der Waals surface area contributed by atoms with Crippen molar-refractivity contribution in [2.45, 2.75) is 83.1 Å². The highest BCUT2D eigenvalue weighted by atomic mass is 35.5. The number of nitrogens with zero attached hydrogens (tertiary/aromatic N) is 3. The van der Waals surface area contributed by atoms with E-state index in [1.165, 1.54) is 5.56 Å². The first-order valence-corrected chi connectivity index (χ1v) is 18.6. The number of benzene rings is 2. The number of carbonyl (C=O) groups is 2. The van der Waals surface area contributed by atoms with E-state index < -0.39 is 11.5 Å². The molecule has 2 fully saturated rings. The molecule has 3 atom stereocenters. The maximum atomic E-state index is 12.1. The fourth-order valence-electron chi connectivity index (χ4n) is 7.97. The number of amides is 1. The van der Waals surface area contributed by atoms with Crippen LogP contribution in [-0.4, -0.2) is 70.7 Å². The number of aliphatic carboxylic acids is 1. The Labute approximate surface area is 315 Å². The second-order valence-electron chi connectivity index (χ2n) is 14.4. The molecule has 3 aliphatic rings. The van der Waals surface area contributed by atoms with Crippen LogP contribution in [0.3, 0.4) is 0 Å². The minimum Gasteiger partial charge on any atom is -0.481 e. The van der Waals surface area contributed by atoms with Crippen molar-refractivity contribution in [3.05, 3.63) is 87.4 Å². The maximum Gasteiger partial charge on any atom is 0.323 e. The summed E-state index contributed by atoms with van der Waals surface area (Å²) in [6, 6.07) is 18.4. The summed E-state index contributed by atoms with van der Waals surface area (Å²) in [5.74, 6) is 0.755. The SMILES string of the molecule is COc1nc(-c2cccc(-c3cccc4c3CC[C@@H]4Oc3nc(OC)c(CN4CCC[C@@]4(C)C(=O)O)cc3C)c2Cl)ccc1CNC[C@@H]1CCC(=O)N1. The van der Waals surface area contributed by atoms with Crippen molar-refractivity contribution >= 4 is 23.5 Å². The van der Waals surface area contributed by atoms with E-state index in [1.54, 1.807) is 21.1 Å². The molecule has 0 saturated carbocycles. The van der Waals surface area contributed by atoms with E-state index in [4.69, 9.17) is 35.8 Å². The van der Waals surface area contributed by atoms with Crippen molar-refractivity contribution in [3.8, 4) is 40.0 Å². The standard InChI is InChI=1S/C41H46ClN5O6/c1-24-20-26(23-47-19-7-18-41(47,2)40(49)50)39(52-4)46-37(24)53-34-16-14-29-28(8-5-9-30(29)34)31-10-6-11-32(36(31)42)33-15-12-25(38(45-33)51-3)21-43-22-27-13-17-35(48)44-27/h5-6,8-12,15,20,27,34,43H,7,13-14,16-19,21-23H2,1-4H3,(H,44,48)(H,49,50)/t27-,34-,41-/m0/s1. The number of ether oxygens (including phenoxy) is 3. The molecule has 2 aromatic heterocycles. The number of carboxylic acid groups (broad SMARTS) is 1. The Kier molecular flexibility index (Phi) is 10.6. The molecule has 11 nitrogen and oxygen atoms in total. The molecule has 2 saturated heterocycles. The van der Waals surface area contributed by atoms with Crippen LogP contribution in [0.1, 0.15) is 72.9 Å². The van der Waals surface area contributed by atoms with Gasteiger partial charge >= 0.3 is 5.97 Å². The van der Waals surface area contributed by atoms with Crippen LogP contribution in [0.25, 0.3) is 22.4 Å². The summed E-state index contributed by atoms with van der Waals surface area (Å²) >= 11 is 7.20. The predicted molar refractivity (Wildman–Crippen MR) is 202 cm³/mol. The number of hydrogen-bond donors (Lipinski definition) is 3. The van der Waals surface area contributed by atoms with Gasteiger partial charge in [-0.1, -0.05) is 54.1 Å². The number of likely N-dealkylation sites (tertiary alicyclic amines) is 1. The molecule has 0 spiro atoms. The van der Waals surface area contributed by atoms with Crippen molar-refractivity contribution in [2.24, 2.45) is 0 Å². The molecule has 0 bridgehead atoms. The average Bonchev–Trinajstić information content (AvgIpc) is 3.88. The summed E-state index contributed by atoms with van der Waals surface area (Å²) in [7, 11) is 3.20. The van der Waals surface area contributed by atoms with Gasteiger partial charge in [-0.15, -0.1) is 0 Å². The largest absolute Gasteiger partial charge is 0.481 e. The number of aryl methyl sites for hydroxylation is 1. The molecule has 53 heavy (non-hydrogen) atoms. The zero-order chi connectivity index (χ0) is 37.3. The van der Waals surface area contributed by atoms with E-state index in [0.717, 1.165) is 64.6 Å². The highest BCUT2D eigenvalue weighted by Gasteiger charge is 2.43. The van der Waals surface area contributed by atoms with Crippen molar-refractivity contribution in [3.63, 3.8) is 0 Å². The van der Waals surface area contributed by atoms with Crippen molar-refractivity contribution in [1.82, 2.24) is 25.5 Å². The first-order valence-electron chi connectivity index (χ1n) is 18.2. The van der Waals surface area contributed by atoms with Gasteiger partial charge in [0.2, 0.25) is 23.5 Å². The number of carboxylic acids is 1. The number of fused-ring (bicyclic) bond motifs is 1. The Hall–Kier alpha value is -4.71. The lowest BCUT2D eigenvalue weighted by Crippen LogP contribution is -2.47. The number of pyridine rings is 2. The van der Waals surface area contributed by atoms with Crippen molar-refractivity contribution in [2.75, 3.05) is 27.3 Å². The Morgan fingerprint density at radius 3 is 2.51 bits per heavy atom. The zero-order valence-electron chi connectivity index (χ0n) is 30.6. The maximum absolute atomic E-state index is 12.1. The molecule has 0 unspecified atom stereocenters. The number of halogens is 1. The zero-order valence-corrected chi connectivity index (χ0v) is 31.4. The van der Waals surface area contributed by atoms with Crippen LogP contribution in [-0.2, 0) is 29.1 Å². The molecule has 2 aliphatic heterocycles. The van der Waals surface area contributed by atoms with Gasteiger partial charge in [0.1, 0.15) is 11.6 Å². The van der Waals surface area contributed by atoms with E-state index in [2.05, 4.69) is 22.8 Å². The normalized spacial score (nSPS) is 21.0. The molecule has 2 aromatic carbocycles. The monoisotopic (exact) mass is 739 g/mol. The van der Waals surface area contributed by atoms with Gasteiger partial charge in [0, 0.05) is 59.9 Å². The van der Waals surface area contributed by atoms with Crippen LogP contribution >= 0.6 is 11.6 Å². The van der Waals surface area contributed by atoms with Crippen molar-refractivity contribution in [1.29, 1.82) is 0 Å². The van der Waals surface area contributed by atoms with Gasteiger partial charge in [-0.05, 0) is 81.3 Å². The van der Waals surface area contributed by atoms with Crippen LogP contribution < -0.4 is 24.8 Å². The molecule has 278 valence electrons. The van der Waals surface area contributed by atoms with Crippen LogP contribution in [0, 0.1) is 6.92 Å². The molecule has 12 heteroatoms. The van der Waals surface area contributed by atoms with Gasteiger partial charge in [-0.25, -0.2) is 4.98 Å². The summed E-state index contributed by atoms with van der Waals surface area (Å²) < 4.78 is 18.0. The van der Waals surface area contributed by atoms with E-state index in [-0.39, 0.29) is 18.1 Å². The molecule has 1 aliphatic carbocycles.